The molecule has 1 aromatic heterocycles. The number of benzene rings is 1. The van der Waals surface area contributed by atoms with Crippen LogP contribution in [0.25, 0.3) is 0 Å². The molecule has 2 N–H and O–H groups in total. The van der Waals surface area contributed by atoms with Gasteiger partial charge in [0.15, 0.2) is 17.3 Å². The van der Waals surface area contributed by atoms with E-state index in [4.69, 9.17) is 9.15 Å². The summed E-state index contributed by atoms with van der Waals surface area (Å²) in [6.07, 6.45) is -0.775. The number of aliphatic hydroxyl groups excluding tert-OH is 2. The standard InChI is InChI=1S/C20H17NO9/c22-8-20(9-23,7-21-28)10-29-16(25)6-14(24)15-5-13-17(26)11-3-1-2-4-12(11)18(27)19(13)30-15/h1-5,22-23H,6-10H2. The number of ketones is 3. The molecule has 0 atom stereocenters. The lowest BCUT2D eigenvalue weighted by Crippen LogP contribution is -2.39. The van der Waals surface area contributed by atoms with Gasteiger partial charge < -0.3 is 19.4 Å². The zero-order chi connectivity index (χ0) is 21.9. The molecule has 1 aliphatic rings. The highest BCUT2D eigenvalue weighted by atomic mass is 16.5. The Balaban J connectivity index is 1.72. The van der Waals surface area contributed by atoms with Crippen LogP contribution in [0.2, 0.25) is 0 Å². The molecule has 10 nitrogen and oxygen atoms in total. The molecule has 1 aromatic carbocycles. The van der Waals surface area contributed by atoms with Crippen LogP contribution in [-0.4, -0.2) is 59.9 Å². The summed E-state index contributed by atoms with van der Waals surface area (Å²) in [5.74, 6) is -3.47. The molecule has 10 heteroatoms. The minimum absolute atomic E-state index is 0.0629. The van der Waals surface area contributed by atoms with Crippen molar-refractivity contribution in [2.75, 3.05) is 26.4 Å². The highest BCUT2D eigenvalue weighted by molar-refractivity contribution is 6.28. The van der Waals surface area contributed by atoms with Gasteiger partial charge in [0.2, 0.25) is 11.6 Å². The van der Waals surface area contributed by atoms with Crippen LogP contribution in [0.3, 0.4) is 0 Å². The molecule has 0 amide bonds. The molecule has 1 heterocycles. The fourth-order valence-corrected chi connectivity index (χ4v) is 2.94. The van der Waals surface area contributed by atoms with Crippen molar-refractivity contribution in [3.8, 4) is 0 Å². The van der Waals surface area contributed by atoms with Crippen molar-refractivity contribution in [1.29, 1.82) is 0 Å². The maximum Gasteiger partial charge on any atom is 0.313 e. The third-order valence-corrected chi connectivity index (χ3v) is 4.79. The summed E-state index contributed by atoms with van der Waals surface area (Å²) in [5, 5.41) is 21.2. The van der Waals surface area contributed by atoms with Crippen molar-refractivity contribution >= 4 is 23.3 Å². The van der Waals surface area contributed by atoms with E-state index in [2.05, 4.69) is 5.18 Å². The van der Waals surface area contributed by atoms with Gasteiger partial charge in [-0.05, 0) is 6.07 Å². The summed E-state index contributed by atoms with van der Waals surface area (Å²) < 4.78 is 10.1. The van der Waals surface area contributed by atoms with Crippen LogP contribution >= 0.6 is 0 Å². The number of carbonyl (C=O) groups is 4. The first-order valence-electron chi connectivity index (χ1n) is 8.87. The Bertz CT molecular complexity index is 980. The van der Waals surface area contributed by atoms with Crippen LogP contribution < -0.4 is 0 Å². The van der Waals surface area contributed by atoms with E-state index in [1.807, 2.05) is 0 Å². The molecule has 30 heavy (non-hydrogen) atoms. The van der Waals surface area contributed by atoms with Crippen molar-refractivity contribution in [1.82, 2.24) is 0 Å². The van der Waals surface area contributed by atoms with Crippen molar-refractivity contribution in [2.45, 2.75) is 6.42 Å². The van der Waals surface area contributed by atoms with Gasteiger partial charge in [-0.15, -0.1) is 0 Å². The lowest BCUT2D eigenvalue weighted by molar-refractivity contribution is -0.148. The lowest BCUT2D eigenvalue weighted by Gasteiger charge is -2.25. The summed E-state index contributed by atoms with van der Waals surface area (Å²) in [6.45, 7) is -2.34. The number of aliphatic hydroxyl groups is 2. The largest absolute Gasteiger partial charge is 0.464 e. The maximum absolute atomic E-state index is 12.6. The number of furan rings is 1. The zero-order valence-corrected chi connectivity index (χ0v) is 15.6. The number of nitrogens with zero attached hydrogens (tertiary/aromatic N) is 1. The Kier molecular flexibility index (Phi) is 5.99. The second-order valence-corrected chi connectivity index (χ2v) is 6.92. The van der Waals surface area contributed by atoms with Gasteiger partial charge >= 0.3 is 5.97 Å². The average Bonchev–Trinajstić information content (AvgIpc) is 3.21. The predicted octanol–water partition coefficient (Wildman–Crippen LogP) is 0.908. The minimum atomic E-state index is -1.45. The monoisotopic (exact) mass is 415 g/mol. The van der Waals surface area contributed by atoms with Crippen molar-refractivity contribution < 1.29 is 38.5 Å². The lowest BCUT2D eigenvalue weighted by atomic mass is 9.88. The van der Waals surface area contributed by atoms with E-state index in [0.717, 1.165) is 6.07 Å². The fraction of sp³-hybridized carbons (Fsp3) is 0.300. The third-order valence-electron chi connectivity index (χ3n) is 4.79. The number of esters is 1. The highest BCUT2D eigenvalue weighted by Crippen LogP contribution is 2.30. The number of hydrogen-bond acceptors (Lipinski definition) is 10. The zero-order valence-electron chi connectivity index (χ0n) is 15.6. The van der Waals surface area contributed by atoms with E-state index in [1.54, 1.807) is 12.1 Å². The van der Waals surface area contributed by atoms with Crippen LogP contribution in [0.4, 0.5) is 0 Å². The van der Waals surface area contributed by atoms with Crippen molar-refractivity contribution in [3.63, 3.8) is 0 Å². The smallest absolute Gasteiger partial charge is 0.313 e. The fourth-order valence-electron chi connectivity index (χ4n) is 2.94. The molecule has 0 radical (unpaired) electrons. The van der Waals surface area contributed by atoms with Crippen LogP contribution in [0.1, 0.15) is 49.0 Å². The SMILES string of the molecule is O=NCC(CO)(CO)COC(=O)CC(=O)c1cc2c(o1)C(=O)c1ccccc1C2=O. The molecule has 156 valence electrons. The number of hydrogen-bond donors (Lipinski definition) is 2. The van der Waals surface area contributed by atoms with E-state index in [9.17, 15) is 34.3 Å². The van der Waals surface area contributed by atoms with Gasteiger partial charge in [0, 0.05) is 11.1 Å². The second-order valence-electron chi connectivity index (χ2n) is 6.92. The molecule has 3 rings (SSSR count). The quantitative estimate of drug-likeness (QED) is 0.224. The number of fused-ring (bicyclic) bond motifs is 2. The first kappa shape index (κ1) is 21.2. The molecule has 0 aliphatic heterocycles. The molecular weight excluding hydrogens is 398 g/mol. The van der Waals surface area contributed by atoms with Crippen LogP contribution in [0.15, 0.2) is 39.9 Å². The van der Waals surface area contributed by atoms with E-state index >= 15 is 0 Å². The number of rotatable bonds is 9. The summed E-state index contributed by atoms with van der Waals surface area (Å²) in [6, 6.07) is 7.29. The molecule has 0 spiro atoms. The first-order chi connectivity index (χ1) is 14.4. The van der Waals surface area contributed by atoms with Crippen LogP contribution in [-0.2, 0) is 9.53 Å². The molecule has 0 unspecified atom stereocenters. The predicted molar refractivity (Wildman–Crippen MR) is 99.2 cm³/mol. The highest BCUT2D eigenvalue weighted by Gasteiger charge is 2.35. The minimum Gasteiger partial charge on any atom is -0.464 e. The Morgan fingerprint density at radius 1 is 1.03 bits per heavy atom. The number of carbonyl (C=O) groups excluding carboxylic acids is 4. The Hall–Kier alpha value is -3.50. The Labute approximate surface area is 169 Å². The van der Waals surface area contributed by atoms with Gasteiger partial charge in [0.05, 0.1) is 30.7 Å². The molecule has 0 saturated heterocycles. The van der Waals surface area contributed by atoms with Gasteiger partial charge in [-0.1, -0.05) is 29.4 Å². The third kappa shape index (κ3) is 3.82. The first-order valence-corrected chi connectivity index (χ1v) is 8.87. The van der Waals surface area contributed by atoms with E-state index in [1.165, 1.54) is 12.1 Å². The second kappa shape index (κ2) is 8.47. The van der Waals surface area contributed by atoms with Crippen molar-refractivity contribution in [3.05, 3.63) is 63.4 Å². The van der Waals surface area contributed by atoms with Gasteiger partial charge in [-0.3, -0.25) is 19.2 Å². The van der Waals surface area contributed by atoms with Crippen molar-refractivity contribution in [2.24, 2.45) is 10.6 Å². The summed E-state index contributed by atoms with van der Waals surface area (Å²) in [4.78, 5) is 59.9. The molecular formula is C20H17NO9. The van der Waals surface area contributed by atoms with E-state index in [-0.39, 0.29) is 28.2 Å². The number of nitroso groups, excluding NO2 is 1. The molecule has 0 bridgehead atoms. The Morgan fingerprint density at radius 3 is 2.27 bits per heavy atom. The Morgan fingerprint density at radius 2 is 1.67 bits per heavy atom. The normalized spacial score (nSPS) is 12.9. The molecule has 0 saturated carbocycles. The molecule has 2 aromatic rings. The summed E-state index contributed by atoms with van der Waals surface area (Å²) in [7, 11) is 0. The maximum atomic E-state index is 12.6. The van der Waals surface area contributed by atoms with Crippen LogP contribution in [0, 0.1) is 10.3 Å². The summed E-state index contributed by atoms with van der Waals surface area (Å²) in [5.41, 5.74) is -1.15. The van der Waals surface area contributed by atoms with Crippen LogP contribution in [0.5, 0.6) is 0 Å². The van der Waals surface area contributed by atoms with Gasteiger partial charge in [0.25, 0.3) is 0 Å². The average molecular weight is 415 g/mol. The number of ether oxygens (including phenoxy) is 1. The van der Waals surface area contributed by atoms with Gasteiger partial charge in [0.1, 0.15) is 13.0 Å². The number of Topliss-reactive ketones (excluding diaryl/α,β-unsaturated/α-hetero) is 1. The van der Waals surface area contributed by atoms with E-state index in [0.29, 0.717) is 0 Å². The van der Waals surface area contributed by atoms with E-state index < -0.39 is 61.5 Å². The summed E-state index contributed by atoms with van der Waals surface area (Å²) >= 11 is 0. The topological polar surface area (TPSA) is 161 Å². The van der Waals surface area contributed by atoms with Gasteiger partial charge in [-0.25, -0.2) is 0 Å². The van der Waals surface area contributed by atoms with Gasteiger partial charge in [-0.2, -0.15) is 4.91 Å². The molecule has 0 fully saturated rings. The molecule has 1 aliphatic carbocycles.